The van der Waals surface area contributed by atoms with Gasteiger partial charge in [0.15, 0.2) is 5.16 Å². The zero-order valence-electron chi connectivity index (χ0n) is 13.6. The van der Waals surface area contributed by atoms with Gasteiger partial charge in [0.25, 0.3) is 5.56 Å². The topological polar surface area (TPSA) is 58.7 Å². The maximum Gasteiger partial charge on any atom is 0.263 e. The lowest BCUT2D eigenvalue weighted by atomic mass is 10.2. The van der Waals surface area contributed by atoms with Gasteiger partial charge in [-0.3, -0.25) is 9.36 Å². The van der Waals surface area contributed by atoms with Crippen LogP contribution in [0.1, 0.15) is 55.0 Å². The Hall–Kier alpha value is -1.32. The number of fused-ring (bicyclic) bond motifs is 1. The van der Waals surface area contributed by atoms with Gasteiger partial charge in [-0.15, -0.1) is 11.3 Å². The molecule has 23 heavy (non-hydrogen) atoms. The third kappa shape index (κ3) is 3.17. The third-order valence-electron chi connectivity index (χ3n) is 4.56. The fourth-order valence-corrected chi connectivity index (χ4v) is 5.26. The summed E-state index contributed by atoms with van der Waals surface area (Å²) >= 11 is 3.24. The van der Waals surface area contributed by atoms with Crippen molar-refractivity contribution in [2.45, 2.75) is 63.6 Å². The Labute approximate surface area is 144 Å². The van der Waals surface area contributed by atoms with E-state index in [1.807, 2.05) is 11.5 Å². The normalized spacial score (nSPS) is 15.3. The van der Waals surface area contributed by atoms with E-state index in [9.17, 15) is 4.79 Å². The number of rotatable bonds is 5. The standard InChI is InChI=1S/C17H21N3OS2/c1-11-12(2)23-15-14(11)16(21)20(13-7-3-4-8-13)17(19-15)22-10-6-5-9-18/h13H,3-8,10H2,1-2H3. The van der Waals surface area contributed by atoms with Crippen molar-refractivity contribution in [3.8, 4) is 6.07 Å². The summed E-state index contributed by atoms with van der Waals surface area (Å²) in [5.41, 5.74) is 1.21. The molecule has 0 amide bonds. The maximum absolute atomic E-state index is 13.1. The molecule has 1 aliphatic rings. The first-order valence-electron chi connectivity index (χ1n) is 8.15. The van der Waals surface area contributed by atoms with Crippen molar-refractivity contribution in [3.63, 3.8) is 0 Å². The van der Waals surface area contributed by atoms with Gasteiger partial charge in [-0.25, -0.2) is 4.98 Å². The molecule has 4 nitrogen and oxygen atoms in total. The summed E-state index contributed by atoms with van der Waals surface area (Å²) in [6.45, 7) is 4.08. The van der Waals surface area contributed by atoms with Gasteiger partial charge in [-0.1, -0.05) is 24.6 Å². The third-order valence-corrected chi connectivity index (χ3v) is 6.70. The number of nitrogens with zero attached hydrogens (tertiary/aromatic N) is 3. The van der Waals surface area contributed by atoms with Crippen molar-refractivity contribution >= 4 is 33.3 Å². The number of nitriles is 1. The summed E-state index contributed by atoms with van der Waals surface area (Å²) in [7, 11) is 0. The van der Waals surface area contributed by atoms with Crippen molar-refractivity contribution in [2.24, 2.45) is 0 Å². The number of aromatic nitrogens is 2. The van der Waals surface area contributed by atoms with Gasteiger partial charge in [0.1, 0.15) is 4.83 Å². The predicted octanol–water partition coefficient (Wildman–Crippen LogP) is 4.59. The number of thioether (sulfide) groups is 1. The van der Waals surface area contributed by atoms with Crippen LogP contribution in [0.3, 0.4) is 0 Å². The highest BCUT2D eigenvalue weighted by Crippen LogP contribution is 2.34. The second kappa shape index (κ2) is 7.06. The van der Waals surface area contributed by atoms with Crippen molar-refractivity contribution in [1.29, 1.82) is 5.26 Å². The molecule has 0 unspecified atom stereocenters. The highest BCUT2D eigenvalue weighted by molar-refractivity contribution is 7.99. The fourth-order valence-electron chi connectivity index (χ4n) is 3.19. The minimum absolute atomic E-state index is 0.131. The molecule has 6 heteroatoms. The number of aryl methyl sites for hydroxylation is 2. The molecular formula is C17H21N3OS2. The summed E-state index contributed by atoms with van der Waals surface area (Å²) in [5.74, 6) is 0.835. The molecule has 2 aromatic heterocycles. The van der Waals surface area contributed by atoms with E-state index < -0.39 is 0 Å². The maximum atomic E-state index is 13.1. The molecule has 0 saturated heterocycles. The zero-order chi connectivity index (χ0) is 16.4. The van der Waals surface area contributed by atoms with Gasteiger partial charge < -0.3 is 0 Å². The van der Waals surface area contributed by atoms with Gasteiger partial charge in [-0.2, -0.15) is 5.26 Å². The van der Waals surface area contributed by atoms with Gasteiger partial charge >= 0.3 is 0 Å². The Morgan fingerprint density at radius 3 is 2.83 bits per heavy atom. The van der Waals surface area contributed by atoms with Crippen molar-refractivity contribution < 1.29 is 0 Å². The number of thiophene rings is 1. The molecule has 0 aliphatic heterocycles. The molecular weight excluding hydrogens is 326 g/mol. The molecule has 0 spiro atoms. The highest BCUT2D eigenvalue weighted by Gasteiger charge is 2.24. The second-order valence-electron chi connectivity index (χ2n) is 6.08. The molecule has 1 fully saturated rings. The summed E-state index contributed by atoms with van der Waals surface area (Å²) < 4.78 is 1.95. The average Bonchev–Trinajstić information content (AvgIpc) is 3.13. The SMILES string of the molecule is Cc1sc2nc(SCCCC#N)n(C3CCCC3)c(=O)c2c1C. The Kier molecular flexibility index (Phi) is 5.08. The molecule has 3 rings (SSSR count). The minimum atomic E-state index is 0.131. The average molecular weight is 348 g/mol. The van der Waals surface area contributed by atoms with E-state index in [4.69, 9.17) is 10.2 Å². The van der Waals surface area contributed by atoms with Crippen LogP contribution in [0.4, 0.5) is 0 Å². The van der Waals surface area contributed by atoms with Gasteiger partial charge in [0.05, 0.1) is 11.5 Å². The summed E-state index contributed by atoms with van der Waals surface area (Å²) in [6.07, 6.45) is 5.91. The number of hydrogen-bond acceptors (Lipinski definition) is 5. The van der Waals surface area contributed by atoms with Crippen LogP contribution >= 0.6 is 23.1 Å². The van der Waals surface area contributed by atoms with Gasteiger partial charge in [-0.05, 0) is 38.7 Å². The molecule has 0 atom stereocenters. The van der Waals surface area contributed by atoms with Crippen LogP contribution in [-0.4, -0.2) is 15.3 Å². The molecule has 1 saturated carbocycles. The highest BCUT2D eigenvalue weighted by atomic mass is 32.2. The van der Waals surface area contributed by atoms with Crippen LogP contribution < -0.4 is 5.56 Å². The Morgan fingerprint density at radius 2 is 2.13 bits per heavy atom. The van der Waals surface area contributed by atoms with Crippen LogP contribution in [0.25, 0.3) is 10.2 Å². The lowest BCUT2D eigenvalue weighted by Gasteiger charge is -2.17. The van der Waals surface area contributed by atoms with E-state index in [1.54, 1.807) is 23.1 Å². The van der Waals surface area contributed by atoms with E-state index in [0.717, 1.165) is 46.0 Å². The first kappa shape index (κ1) is 16.5. The Bertz CT molecular complexity index is 810. The Balaban J connectivity index is 2.06. The lowest BCUT2D eigenvalue weighted by Crippen LogP contribution is -2.26. The molecule has 122 valence electrons. The predicted molar refractivity (Wildman–Crippen MR) is 96.4 cm³/mol. The zero-order valence-corrected chi connectivity index (χ0v) is 15.2. The molecule has 0 radical (unpaired) electrons. The lowest BCUT2D eigenvalue weighted by molar-refractivity contribution is 0.458. The monoisotopic (exact) mass is 347 g/mol. The quantitative estimate of drug-likeness (QED) is 0.451. The summed E-state index contributed by atoms with van der Waals surface area (Å²) in [4.78, 5) is 20.0. The van der Waals surface area contributed by atoms with Crippen molar-refractivity contribution in [1.82, 2.24) is 9.55 Å². The summed E-state index contributed by atoms with van der Waals surface area (Å²) in [5, 5.41) is 10.3. The van der Waals surface area contributed by atoms with Gasteiger partial charge in [0.2, 0.25) is 0 Å². The first-order chi connectivity index (χ1) is 11.1. The van der Waals surface area contributed by atoms with Crippen LogP contribution in [0.2, 0.25) is 0 Å². The fraction of sp³-hybridized carbons (Fsp3) is 0.588. The van der Waals surface area contributed by atoms with Gasteiger partial charge in [0, 0.05) is 23.1 Å². The van der Waals surface area contributed by atoms with Crippen LogP contribution in [0.5, 0.6) is 0 Å². The molecule has 2 heterocycles. The molecule has 0 bridgehead atoms. The largest absolute Gasteiger partial charge is 0.284 e. The van der Waals surface area contributed by atoms with E-state index in [1.165, 1.54) is 17.7 Å². The second-order valence-corrected chi connectivity index (χ2v) is 8.35. The van der Waals surface area contributed by atoms with Crippen molar-refractivity contribution in [2.75, 3.05) is 5.75 Å². The van der Waals surface area contributed by atoms with Crippen molar-refractivity contribution in [3.05, 3.63) is 20.8 Å². The van der Waals surface area contributed by atoms with E-state index in [2.05, 4.69) is 13.0 Å². The van der Waals surface area contributed by atoms with Crippen LogP contribution in [0, 0.1) is 25.2 Å². The molecule has 2 aromatic rings. The number of unbranched alkanes of at least 4 members (excludes halogenated alkanes) is 1. The first-order valence-corrected chi connectivity index (χ1v) is 9.95. The van der Waals surface area contributed by atoms with E-state index in [0.29, 0.717) is 6.42 Å². The Morgan fingerprint density at radius 1 is 1.39 bits per heavy atom. The molecule has 0 N–H and O–H groups in total. The minimum Gasteiger partial charge on any atom is -0.284 e. The molecule has 1 aliphatic carbocycles. The smallest absolute Gasteiger partial charge is 0.263 e. The van der Waals surface area contributed by atoms with Crippen LogP contribution in [0.15, 0.2) is 9.95 Å². The number of hydrogen-bond donors (Lipinski definition) is 0. The molecule has 0 aromatic carbocycles. The summed E-state index contributed by atoms with van der Waals surface area (Å²) in [6, 6.07) is 2.46. The van der Waals surface area contributed by atoms with E-state index in [-0.39, 0.29) is 11.6 Å². The van der Waals surface area contributed by atoms with E-state index >= 15 is 0 Å². The van der Waals surface area contributed by atoms with Crippen LogP contribution in [-0.2, 0) is 0 Å².